The lowest BCUT2D eigenvalue weighted by Gasteiger charge is -2.34. The first-order valence-electron chi connectivity index (χ1n) is 11.6. The van der Waals surface area contributed by atoms with Gasteiger partial charge in [0.15, 0.2) is 11.2 Å². The van der Waals surface area contributed by atoms with Gasteiger partial charge in [-0.25, -0.2) is 4.79 Å². The van der Waals surface area contributed by atoms with Crippen LogP contribution in [0.1, 0.15) is 69.8 Å². The number of allylic oxidation sites excluding steroid dienone is 3. The van der Waals surface area contributed by atoms with Crippen LogP contribution in [0.2, 0.25) is 5.02 Å². The van der Waals surface area contributed by atoms with Gasteiger partial charge in [0, 0.05) is 34.0 Å². The number of Topliss-reactive ketones (excluding diaryl/α,β-unsaturated/α-hetero) is 1. The monoisotopic (exact) mass is 467 g/mol. The highest BCUT2D eigenvalue weighted by Crippen LogP contribution is 2.42. The molecule has 1 N–H and O–H groups in total. The van der Waals surface area contributed by atoms with Gasteiger partial charge in [-0.3, -0.25) is 9.59 Å². The molecule has 1 aromatic carbocycles. The van der Waals surface area contributed by atoms with E-state index in [1.165, 1.54) is 6.26 Å². The first kappa shape index (κ1) is 22.0. The summed E-state index contributed by atoms with van der Waals surface area (Å²) in [4.78, 5) is 40.1. The standard InChI is InChI=1S/C26H26ClNO5/c1-14-22(26(31)33-16-6-3-2-4-7-16)23(24-19(28-14)8-5-9-20(24)29)18-13-32-21-11-10-15(27)12-17(21)25(18)30/h10-13,16,23,28H,2-9H2,1H3/t23-/m0/s1. The molecule has 3 aliphatic rings. The van der Waals surface area contributed by atoms with Gasteiger partial charge in [0.1, 0.15) is 11.7 Å². The maximum atomic E-state index is 13.6. The molecule has 0 bridgehead atoms. The van der Waals surface area contributed by atoms with E-state index < -0.39 is 11.9 Å². The van der Waals surface area contributed by atoms with Crippen molar-refractivity contribution in [2.75, 3.05) is 0 Å². The molecule has 1 atom stereocenters. The Labute approximate surface area is 196 Å². The predicted octanol–water partition coefficient (Wildman–Crippen LogP) is 5.29. The normalized spacial score (nSPS) is 21.8. The van der Waals surface area contributed by atoms with Crippen LogP contribution in [0.25, 0.3) is 11.0 Å². The Bertz CT molecular complexity index is 1270. The van der Waals surface area contributed by atoms with Gasteiger partial charge in [-0.05, 0) is 63.6 Å². The van der Waals surface area contributed by atoms with E-state index in [0.717, 1.165) is 44.2 Å². The molecule has 2 heterocycles. The number of carbonyl (C=O) groups excluding carboxylic acids is 2. The zero-order valence-corrected chi connectivity index (χ0v) is 19.3. The number of ether oxygens (including phenoxy) is 1. The molecule has 0 radical (unpaired) electrons. The summed E-state index contributed by atoms with van der Waals surface area (Å²) in [6.45, 7) is 1.80. The number of esters is 1. The first-order chi connectivity index (χ1) is 15.9. The minimum atomic E-state index is -0.829. The molecule has 0 unspecified atom stereocenters. The van der Waals surface area contributed by atoms with Crippen LogP contribution in [-0.2, 0) is 14.3 Å². The van der Waals surface area contributed by atoms with Crippen LogP contribution in [0.5, 0.6) is 0 Å². The lowest BCUT2D eigenvalue weighted by Crippen LogP contribution is -2.37. The van der Waals surface area contributed by atoms with Crippen LogP contribution in [-0.4, -0.2) is 17.9 Å². The first-order valence-corrected chi connectivity index (χ1v) is 12.0. The fraction of sp³-hybridized carbons (Fsp3) is 0.423. The van der Waals surface area contributed by atoms with Crippen molar-refractivity contribution < 1.29 is 18.7 Å². The molecule has 2 aliphatic carbocycles. The predicted molar refractivity (Wildman–Crippen MR) is 125 cm³/mol. The molecule has 0 spiro atoms. The zero-order valence-electron chi connectivity index (χ0n) is 18.5. The second-order valence-electron chi connectivity index (χ2n) is 9.09. The quantitative estimate of drug-likeness (QED) is 0.617. The number of carbonyl (C=O) groups is 2. The number of hydrogen-bond donors (Lipinski definition) is 1. The fourth-order valence-electron chi connectivity index (χ4n) is 5.28. The number of rotatable bonds is 3. The number of nitrogens with one attached hydrogen (secondary N) is 1. The van der Waals surface area contributed by atoms with E-state index in [-0.39, 0.29) is 22.9 Å². The molecule has 6 nitrogen and oxygen atoms in total. The van der Waals surface area contributed by atoms with Crippen molar-refractivity contribution in [3.8, 4) is 0 Å². The van der Waals surface area contributed by atoms with E-state index in [1.807, 2.05) is 0 Å². The highest BCUT2D eigenvalue weighted by atomic mass is 35.5. The highest BCUT2D eigenvalue weighted by Gasteiger charge is 2.41. The van der Waals surface area contributed by atoms with Crippen LogP contribution < -0.4 is 10.7 Å². The Hall–Kier alpha value is -2.86. The molecule has 1 saturated carbocycles. The summed E-state index contributed by atoms with van der Waals surface area (Å²) < 4.78 is 11.7. The third-order valence-electron chi connectivity index (χ3n) is 6.89. The average molecular weight is 468 g/mol. The van der Waals surface area contributed by atoms with Crippen molar-refractivity contribution >= 4 is 34.3 Å². The molecule has 33 heavy (non-hydrogen) atoms. The number of fused-ring (bicyclic) bond motifs is 1. The van der Waals surface area contributed by atoms with Crippen molar-refractivity contribution in [2.24, 2.45) is 0 Å². The Morgan fingerprint density at radius 2 is 1.91 bits per heavy atom. The van der Waals surface area contributed by atoms with Crippen molar-refractivity contribution in [1.82, 2.24) is 5.32 Å². The molecule has 2 aromatic rings. The van der Waals surface area contributed by atoms with Gasteiger partial charge in [-0.15, -0.1) is 0 Å². The van der Waals surface area contributed by atoms with E-state index in [4.69, 9.17) is 20.8 Å². The fourth-order valence-corrected chi connectivity index (χ4v) is 5.45. The Balaban J connectivity index is 1.65. The third-order valence-corrected chi connectivity index (χ3v) is 7.13. The molecule has 0 amide bonds. The number of ketones is 1. The van der Waals surface area contributed by atoms with E-state index in [9.17, 15) is 14.4 Å². The summed E-state index contributed by atoms with van der Waals surface area (Å²) in [5.41, 5.74) is 2.52. The number of benzene rings is 1. The van der Waals surface area contributed by atoms with Crippen LogP contribution in [0.15, 0.2) is 56.2 Å². The van der Waals surface area contributed by atoms with E-state index >= 15 is 0 Å². The molecule has 7 heteroatoms. The van der Waals surface area contributed by atoms with E-state index in [2.05, 4.69) is 5.32 Å². The largest absolute Gasteiger partial charge is 0.464 e. The smallest absolute Gasteiger partial charge is 0.337 e. The average Bonchev–Trinajstić information content (AvgIpc) is 2.80. The third kappa shape index (κ3) is 4.01. The lowest BCUT2D eigenvalue weighted by molar-refractivity contribution is -0.146. The highest BCUT2D eigenvalue weighted by molar-refractivity contribution is 6.31. The SMILES string of the molecule is CC1=C(C(=O)OC2CCCCC2)[C@H](c2coc3ccc(Cl)cc3c2=O)C2=C(CCCC2=O)N1. The maximum absolute atomic E-state index is 13.6. The summed E-state index contributed by atoms with van der Waals surface area (Å²) in [6.07, 6.45) is 7.90. The molecule has 0 saturated heterocycles. The molecule has 1 fully saturated rings. The second-order valence-corrected chi connectivity index (χ2v) is 9.53. The van der Waals surface area contributed by atoms with Gasteiger partial charge in [0.25, 0.3) is 0 Å². The Morgan fingerprint density at radius 3 is 2.70 bits per heavy atom. The van der Waals surface area contributed by atoms with Gasteiger partial charge in [0.2, 0.25) is 0 Å². The number of dihydropyridines is 1. The summed E-state index contributed by atoms with van der Waals surface area (Å²) in [6, 6.07) is 4.85. The van der Waals surface area contributed by atoms with Crippen molar-refractivity contribution in [3.63, 3.8) is 0 Å². The number of halogens is 1. The van der Waals surface area contributed by atoms with Crippen LogP contribution >= 0.6 is 11.6 Å². The lowest BCUT2D eigenvalue weighted by atomic mass is 9.75. The minimum absolute atomic E-state index is 0.0604. The van der Waals surface area contributed by atoms with Crippen molar-refractivity contribution in [2.45, 2.75) is 70.3 Å². The van der Waals surface area contributed by atoms with Gasteiger partial charge in [-0.2, -0.15) is 0 Å². The Morgan fingerprint density at radius 1 is 1.12 bits per heavy atom. The molecular formula is C26H26ClNO5. The summed E-state index contributed by atoms with van der Waals surface area (Å²) in [5.74, 6) is -1.37. The van der Waals surface area contributed by atoms with Gasteiger partial charge >= 0.3 is 5.97 Å². The van der Waals surface area contributed by atoms with Crippen molar-refractivity contribution in [1.29, 1.82) is 0 Å². The number of hydrogen-bond acceptors (Lipinski definition) is 6. The van der Waals surface area contributed by atoms with E-state index in [1.54, 1.807) is 25.1 Å². The molecule has 5 rings (SSSR count). The minimum Gasteiger partial charge on any atom is -0.464 e. The van der Waals surface area contributed by atoms with Gasteiger partial charge < -0.3 is 14.5 Å². The van der Waals surface area contributed by atoms with Gasteiger partial charge in [0.05, 0.1) is 23.1 Å². The second kappa shape index (κ2) is 8.82. The molecule has 172 valence electrons. The summed E-state index contributed by atoms with van der Waals surface area (Å²) in [5, 5.41) is 4.00. The van der Waals surface area contributed by atoms with Crippen LogP contribution in [0, 0.1) is 0 Å². The summed E-state index contributed by atoms with van der Waals surface area (Å²) in [7, 11) is 0. The van der Waals surface area contributed by atoms with Gasteiger partial charge in [-0.1, -0.05) is 18.0 Å². The molecule has 1 aliphatic heterocycles. The topological polar surface area (TPSA) is 85.6 Å². The zero-order chi connectivity index (χ0) is 23.1. The van der Waals surface area contributed by atoms with Crippen molar-refractivity contribution in [3.05, 3.63) is 67.8 Å². The van der Waals surface area contributed by atoms with Crippen LogP contribution in [0.4, 0.5) is 0 Å². The van der Waals surface area contributed by atoms with Crippen LogP contribution in [0.3, 0.4) is 0 Å². The van der Waals surface area contributed by atoms with E-state index in [0.29, 0.717) is 45.7 Å². The molecule has 1 aromatic heterocycles. The maximum Gasteiger partial charge on any atom is 0.337 e. The Kier molecular flexibility index (Phi) is 5.87. The molecular weight excluding hydrogens is 442 g/mol. The summed E-state index contributed by atoms with van der Waals surface area (Å²) >= 11 is 6.14.